The average Bonchev–Trinajstić information content (AvgIpc) is 2.16. The predicted octanol–water partition coefficient (Wildman–Crippen LogP) is -0.658. The summed E-state index contributed by atoms with van der Waals surface area (Å²) in [6.45, 7) is 1.23. The van der Waals surface area contributed by atoms with E-state index < -0.39 is 10.1 Å². The molecule has 2 unspecified atom stereocenters. The molecule has 7 heteroatoms. The molecule has 0 bridgehead atoms. The van der Waals surface area contributed by atoms with Gasteiger partial charge in [0.25, 0.3) is 10.1 Å². The molecule has 2 rings (SSSR count). The maximum absolute atomic E-state index is 11.1. The van der Waals surface area contributed by atoms with Crippen molar-refractivity contribution in [1.82, 2.24) is 10.4 Å². The highest BCUT2D eigenvalue weighted by molar-refractivity contribution is 7.85. The van der Waals surface area contributed by atoms with E-state index in [1.54, 1.807) is 6.34 Å². The summed E-state index contributed by atoms with van der Waals surface area (Å²) in [6, 6.07) is 0.275. The van der Waals surface area contributed by atoms with Crippen molar-refractivity contribution < 1.29 is 12.7 Å². The maximum atomic E-state index is 11.1. The van der Waals surface area contributed by atoms with E-state index in [-0.39, 0.29) is 12.1 Å². The highest BCUT2D eigenvalue weighted by Crippen LogP contribution is 2.20. The second-order valence-corrected chi connectivity index (χ2v) is 5.45. The molecular weight excluding hydrogens is 218 g/mol. The van der Waals surface area contributed by atoms with Crippen molar-refractivity contribution in [3.63, 3.8) is 0 Å². The minimum atomic E-state index is -3.43. The largest absolute Gasteiger partial charge is 0.372 e. The Morgan fingerprint density at radius 1 is 1.60 bits per heavy atom. The Morgan fingerprint density at radius 2 is 2.40 bits per heavy atom. The molecule has 0 saturated carbocycles. The van der Waals surface area contributed by atoms with Crippen molar-refractivity contribution >= 4 is 16.5 Å². The van der Waals surface area contributed by atoms with Gasteiger partial charge < -0.3 is 5.32 Å². The fraction of sp³-hybridized carbons (Fsp3) is 0.875. The molecule has 15 heavy (non-hydrogen) atoms. The molecule has 2 aliphatic rings. The van der Waals surface area contributed by atoms with E-state index in [9.17, 15) is 8.42 Å². The van der Waals surface area contributed by atoms with Crippen LogP contribution >= 0.6 is 0 Å². The summed E-state index contributed by atoms with van der Waals surface area (Å²) in [5.74, 6) is 0. The highest BCUT2D eigenvalue weighted by Gasteiger charge is 2.34. The molecule has 1 saturated heterocycles. The summed E-state index contributed by atoms with van der Waals surface area (Å²) < 4.78 is 27.0. The molecule has 0 aromatic rings. The van der Waals surface area contributed by atoms with Gasteiger partial charge in [0.1, 0.15) is 0 Å². The molecule has 0 radical (unpaired) electrons. The SMILES string of the molecule is CS(=O)(=O)ON1CCCC2NC=NCC21. The van der Waals surface area contributed by atoms with Gasteiger partial charge in [-0.3, -0.25) is 4.99 Å². The zero-order valence-electron chi connectivity index (χ0n) is 8.59. The Morgan fingerprint density at radius 3 is 3.13 bits per heavy atom. The van der Waals surface area contributed by atoms with Gasteiger partial charge in [-0.05, 0) is 12.8 Å². The Kier molecular flexibility index (Phi) is 2.94. The number of nitrogens with zero attached hydrogens (tertiary/aromatic N) is 2. The topological polar surface area (TPSA) is 71.0 Å². The van der Waals surface area contributed by atoms with Crippen LogP contribution in [0.3, 0.4) is 0 Å². The number of fused-ring (bicyclic) bond motifs is 1. The van der Waals surface area contributed by atoms with Crippen LogP contribution in [-0.2, 0) is 14.4 Å². The number of nitrogens with one attached hydrogen (secondary N) is 1. The zero-order chi connectivity index (χ0) is 10.9. The number of rotatable bonds is 2. The van der Waals surface area contributed by atoms with E-state index in [1.165, 1.54) is 5.06 Å². The van der Waals surface area contributed by atoms with Crippen LogP contribution in [0.4, 0.5) is 0 Å². The van der Waals surface area contributed by atoms with Gasteiger partial charge in [-0.25, -0.2) is 0 Å². The molecule has 0 aromatic heterocycles. The van der Waals surface area contributed by atoms with E-state index in [2.05, 4.69) is 10.3 Å². The summed E-state index contributed by atoms with van der Waals surface area (Å²) in [4.78, 5) is 4.09. The number of piperidine rings is 1. The first-order valence-corrected chi connectivity index (χ1v) is 6.78. The first kappa shape index (κ1) is 10.8. The Bertz CT molecular complexity index is 354. The lowest BCUT2D eigenvalue weighted by atomic mass is 9.97. The van der Waals surface area contributed by atoms with Crippen molar-refractivity contribution in [3.8, 4) is 0 Å². The average molecular weight is 233 g/mol. The van der Waals surface area contributed by atoms with Gasteiger partial charge in [-0.2, -0.15) is 17.8 Å². The van der Waals surface area contributed by atoms with Gasteiger partial charge in [-0.15, -0.1) is 0 Å². The minimum Gasteiger partial charge on any atom is -0.372 e. The summed E-state index contributed by atoms with van der Waals surface area (Å²) in [6.07, 6.45) is 4.71. The number of aliphatic imine (C=N–C) groups is 1. The van der Waals surface area contributed by atoms with E-state index >= 15 is 0 Å². The van der Waals surface area contributed by atoms with Crippen LogP contribution in [0.15, 0.2) is 4.99 Å². The molecule has 0 spiro atoms. The smallest absolute Gasteiger partial charge is 0.280 e. The molecule has 1 N–H and O–H groups in total. The maximum Gasteiger partial charge on any atom is 0.280 e. The van der Waals surface area contributed by atoms with Gasteiger partial charge in [0, 0.05) is 12.6 Å². The molecule has 2 aliphatic heterocycles. The second kappa shape index (κ2) is 4.07. The Labute approximate surface area is 89.4 Å². The number of hydrogen-bond acceptors (Lipinski definition) is 6. The van der Waals surface area contributed by atoms with Crippen molar-refractivity contribution in [2.45, 2.75) is 24.9 Å². The summed E-state index contributed by atoms with van der Waals surface area (Å²) in [7, 11) is -3.43. The van der Waals surface area contributed by atoms with Crippen molar-refractivity contribution in [1.29, 1.82) is 0 Å². The van der Waals surface area contributed by atoms with Crippen LogP contribution < -0.4 is 5.32 Å². The molecular formula is C8H15N3O3S. The fourth-order valence-electron chi connectivity index (χ4n) is 2.01. The highest BCUT2D eigenvalue weighted by atomic mass is 32.2. The third-order valence-corrected chi connectivity index (χ3v) is 3.09. The summed E-state index contributed by atoms with van der Waals surface area (Å²) in [5, 5.41) is 4.66. The van der Waals surface area contributed by atoms with E-state index in [0.29, 0.717) is 13.1 Å². The minimum absolute atomic E-state index is 0.0264. The Balaban J connectivity index is 2.08. The molecule has 0 aromatic carbocycles. The summed E-state index contributed by atoms with van der Waals surface area (Å²) in [5.41, 5.74) is 0. The standard InChI is InChI=1S/C8H15N3O3S/c1-15(12,13)14-11-4-2-3-7-8(11)5-9-6-10-7/h6-8H,2-5H2,1H3,(H,9,10). The predicted molar refractivity (Wildman–Crippen MR) is 55.9 cm³/mol. The van der Waals surface area contributed by atoms with Crippen molar-refractivity contribution in [2.24, 2.45) is 4.99 Å². The molecule has 2 atom stereocenters. The second-order valence-electron chi connectivity index (χ2n) is 3.90. The molecule has 0 aliphatic carbocycles. The quantitative estimate of drug-likeness (QED) is 0.685. The van der Waals surface area contributed by atoms with E-state index in [1.807, 2.05) is 0 Å². The first-order valence-electron chi connectivity index (χ1n) is 4.97. The van der Waals surface area contributed by atoms with Crippen LogP contribution in [0.2, 0.25) is 0 Å². The van der Waals surface area contributed by atoms with E-state index in [0.717, 1.165) is 19.1 Å². The molecule has 0 amide bonds. The number of hydrogen-bond donors (Lipinski definition) is 1. The van der Waals surface area contributed by atoms with Gasteiger partial charge >= 0.3 is 0 Å². The van der Waals surface area contributed by atoms with E-state index in [4.69, 9.17) is 4.28 Å². The Hall–Kier alpha value is -0.660. The van der Waals surface area contributed by atoms with Crippen LogP contribution in [0.25, 0.3) is 0 Å². The molecule has 86 valence electrons. The molecule has 1 fully saturated rings. The van der Waals surface area contributed by atoms with Crippen molar-refractivity contribution in [3.05, 3.63) is 0 Å². The first-order chi connectivity index (χ1) is 7.06. The lowest BCUT2D eigenvalue weighted by molar-refractivity contribution is -0.112. The normalized spacial score (nSPS) is 32.1. The number of hydroxylamine groups is 2. The fourth-order valence-corrected chi connectivity index (χ4v) is 2.55. The monoisotopic (exact) mass is 233 g/mol. The van der Waals surface area contributed by atoms with Crippen LogP contribution in [0.5, 0.6) is 0 Å². The van der Waals surface area contributed by atoms with Crippen LogP contribution in [0.1, 0.15) is 12.8 Å². The lowest BCUT2D eigenvalue weighted by Gasteiger charge is -2.40. The van der Waals surface area contributed by atoms with Crippen LogP contribution in [-0.4, -0.2) is 51.2 Å². The molecule has 6 nitrogen and oxygen atoms in total. The van der Waals surface area contributed by atoms with Gasteiger partial charge in [0.15, 0.2) is 0 Å². The van der Waals surface area contributed by atoms with Crippen LogP contribution in [0, 0.1) is 0 Å². The summed E-state index contributed by atoms with van der Waals surface area (Å²) >= 11 is 0. The van der Waals surface area contributed by atoms with Gasteiger partial charge in [0.2, 0.25) is 0 Å². The van der Waals surface area contributed by atoms with Crippen molar-refractivity contribution in [2.75, 3.05) is 19.3 Å². The zero-order valence-corrected chi connectivity index (χ0v) is 9.40. The third kappa shape index (κ3) is 2.67. The van der Waals surface area contributed by atoms with Gasteiger partial charge in [0.05, 0.1) is 25.2 Å². The molecule has 2 heterocycles. The lowest BCUT2D eigenvalue weighted by Crippen LogP contribution is -2.57. The third-order valence-electron chi connectivity index (χ3n) is 2.63. The van der Waals surface area contributed by atoms with Gasteiger partial charge in [-0.1, -0.05) is 0 Å².